The molecule has 0 saturated heterocycles. The molecule has 118 valence electrons. The number of aromatic nitrogens is 2. The highest BCUT2D eigenvalue weighted by molar-refractivity contribution is 7.92. The van der Waals surface area contributed by atoms with E-state index in [0.29, 0.717) is 15.2 Å². The van der Waals surface area contributed by atoms with Crippen LogP contribution < -0.4 is 9.79 Å². The van der Waals surface area contributed by atoms with E-state index in [1.165, 1.54) is 23.0 Å². The van der Waals surface area contributed by atoms with Crippen molar-refractivity contribution in [2.75, 3.05) is 0 Å². The van der Waals surface area contributed by atoms with Gasteiger partial charge in [0.25, 0.3) is 10.0 Å². The number of sulfonamides is 1. The van der Waals surface area contributed by atoms with Gasteiger partial charge in [-0.2, -0.15) is 12.8 Å². The summed E-state index contributed by atoms with van der Waals surface area (Å²) in [7, 11) is -2.44. The summed E-state index contributed by atoms with van der Waals surface area (Å²) in [6.45, 7) is 0. The van der Waals surface area contributed by atoms with Crippen LogP contribution in [-0.2, 0) is 17.1 Å². The molecule has 0 aliphatic carbocycles. The number of nitrogens with zero attached hydrogens (tertiary/aromatic N) is 3. The second kappa shape index (κ2) is 5.88. The molecule has 0 spiro atoms. The molecule has 6 nitrogen and oxygen atoms in total. The summed E-state index contributed by atoms with van der Waals surface area (Å²) in [5.41, 5.74) is 0.747. The van der Waals surface area contributed by atoms with Crippen molar-refractivity contribution in [2.24, 2.45) is 11.4 Å². The smallest absolute Gasteiger partial charge is 0.291 e. The first-order chi connectivity index (χ1) is 10.9. The van der Waals surface area contributed by atoms with Crippen molar-refractivity contribution in [3.63, 3.8) is 0 Å². The van der Waals surface area contributed by atoms with Crippen molar-refractivity contribution in [2.45, 2.75) is 4.21 Å². The molecular weight excluding hydrogens is 358 g/mol. The Morgan fingerprint density at radius 3 is 2.74 bits per heavy atom. The zero-order valence-electron chi connectivity index (χ0n) is 11.8. The van der Waals surface area contributed by atoms with Gasteiger partial charge >= 0.3 is 0 Å². The van der Waals surface area contributed by atoms with Crippen LogP contribution in [0.4, 0.5) is 0 Å². The van der Waals surface area contributed by atoms with E-state index < -0.39 is 15.9 Å². The minimum Gasteiger partial charge on any atom is -0.857 e. The van der Waals surface area contributed by atoms with E-state index in [1.54, 1.807) is 31.3 Å². The van der Waals surface area contributed by atoms with Gasteiger partial charge in [-0.1, -0.05) is 34.5 Å². The molecule has 23 heavy (non-hydrogen) atoms. The second-order valence-corrected chi connectivity index (χ2v) is 8.21. The van der Waals surface area contributed by atoms with E-state index in [1.807, 2.05) is 0 Å². The summed E-state index contributed by atoms with van der Waals surface area (Å²) in [5.74, 6) is -0.844. The van der Waals surface area contributed by atoms with E-state index in [4.69, 9.17) is 11.6 Å². The molecule has 0 aliphatic heterocycles. The molecule has 9 heteroatoms. The minimum absolute atomic E-state index is 0.0708. The lowest BCUT2D eigenvalue weighted by atomic mass is 10.1. The highest BCUT2D eigenvalue weighted by Gasteiger charge is 2.17. The Kier molecular flexibility index (Phi) is 4.05. The van der Waals surface area contributed by atoms with Gasteiger partial charge in [0.2, 0.25) is 6.20 Å². The maximum atomic E-state index is 12.4. The van der Waals surface area contributed by atoms with Gasteiger partial charge in [0.05, 0.1) is 9.90 Å². The highest BCUT2D eigenvalue weighted by atomic mass is 35.5. The van der Waals surface area contributed by atoms with Crippen LogP contribution in [0.3, 0.4) is 0 Å². The Balaban J connectivity index is 2.15. The predicted octanol–water partition coefficient (Wildman–Crippen LogP) is 1.27. The number of hydrogen-bond donors (Lipinski definition) is 0. The molecule has 0 unspecified atom stereocenters. The Labute approximate surface area is 141 Å². The molecule has 0 fully saturated rings. The third-order valence-electron chi connectivity index (χ3n) is 3.01. The van der Waals surface area contributed by atoms with Crippen LogP contribution in [-0.4, -0.2) is 19.4 Å². The molecule has 0 saturated carbocycles. The van der Waals surface area contributed by atoms with E-state index in [2.05, 4.69) is 9.50 Å². The molecule has 0 radical (unpaired) electrons. The number of benzene rings is 1. The standard InChI is InChI=1S/C14H10ClN3O3S2/c1-18-8-10(9-4-2-3-5-11(9)16-18)14(19)17-23(20,21)13-7-6-12(15)22-13/h2-8H,1H3. The first-order valence-electron chi connectivity index (χ1n) is 6.40. The Hall–Kier alpha value is -2.03. The van der Waals surface area contributed by atoms with Crippen LogP contribution in [0.2, 0.25) is 4.34 Å². The average molecular weight is 368 g/mol. The summed E-state index contributed by atoms with van der Waals surface area (Å²) in [6.07, 6.45) is 1.45. The predicted molar refractivity (Wildman–Crippen MR) is 86.0 cm³/mol. The van der Waals surface area contributed by atoms with Crippen LogP contribution in [0.15, 0.2) is 51.2 Å². The number of hydrogen-bond acceptors (Lipinski definition) is 5. The third-order valence-corrected chi connectivity index (χ3v) is 5.97. The van der Waals surface area contributed by atoms with Crippen molar-refractivity contribution >= 4 is 49.8 Å². The van der Waals surface area contributed by atoms with Crippen molar-refractivity contribution in [1.82, 2.24) is 5.10 Å². The van der Waals surface area contributed by atoms with E-state index in [9.17, 15) is 13.5 Å². The Morgan fingerprint density at radius 2 is 2.04 bits per heavy atom. The molecule has 0 bridgehead atoms. The average Bonchev–Trinajstić information content (AvgIpc) is 2.93. The second-order valence-electron chi connectivity index (χ2n) is 4.66. The zero-order valence-corrected chi connectivity index (χ0v) is 14.2. The van der Waals surface area contributed by atoms with Gasteiger partial charge in [0.1, 0.15) is 9.73 Å². The molecule has 0 amide bonds. The molecule has 3 aromatic rings. The zero-order chi connectivity index (χ0) is 16.6. The fraction of sp³-hybridized carbons (Fsp3) is 0.0714. The molecule has 0 N–H and O–H groups in total. The summed E-state index contributed by atoms with van der Waals surface area (Å²) in [6, 6.07) is 9.73. The SMILES string of the molecule is C[n+]1cc(/C([O-])=N/S(=O)(=O)c2ccc(Cl)s2)c2ccccc2n1. The van der Waals surface area contributed by atoms with Crippen LogP contribution in [0.1, 0.15) is 5.56 Å². The fourth-order valence-corrected chi connectivity index (χ4v) is 4.42. The molecule has 3 rings (SSSR count). The van der Waals surface area contributed by atoms with Crippen LogP contribution in [0.5, 0.6) is 0 Å². The fourth-order valence-electron chi connectivity index (χ4n) is 2.05. The van der Waals surface area contributed by atoms with Crippen molar-refractivity contribution in [1.29, 1.82) is 0 Å². The van der Waals surface area contributed by atoms with Gasteiger partial charge in [0, 0.05) is 11.3 Å². The topological polar surface area (TPSA) is 86.3 Å². The van der Waals surface area contributed by atoms with E-state index >= 15 is 0 Å². The van der Waals surface area contributed by atoms with E-state index in [-0.39, 0.29) is 9.77 Å². The van der Waals surface area contributed by atoms with Crippen LogP contribution in [0.25, 0.3) is 10.9 Å². The normalized spacial score (nSPS) is 12.7. The van der Waals surface area contributed by atoms with Crippen molar-refractivity contribution in [3.05, 3.63) is 52.5 Å². The number of halogens is 1. The monoisotopic (exact) mass is 367 g/mol. The lowest BCUT2D eigenvalue weighted by Crippen LogP contribution is -2.35. The third kappa shape index (κ3) is 3.19. The van der Waals surface area contributed by atoms with Gasteiger partial charge in [0.15, 0.2) is 7.05 Å². The molecular formula is C14H10ClN3O3S2. The summed E-state index contributed by atoms with van der Waals surface area (Å²) >= 11 is 6.59. The molecule has 1 aromatic carbocycles. The quantitative estimate of drug-likeness (QED) is 0.396. The molecule has 0 aliphatic rings. The molecule has 2 aromatic heterocycles. The van der Waals surface area contributed by atoms with Crippen molar-refractivity contribution < 1.29 is 18.2 Å². The summed E-state index contributed by atoms with van der Waals surface area (Å²) < 4.78 is 29.5. The van der Waals surface area contributed by atoms with E-state index in [0.717, 1.165) is 11.3 Å². The van der Waals surface area contributed by atoms with Gasteiger partial charge in [-0.3, -0.25) is 0 Å². The number of fused-ring (bicyclic) bond motifs is 1. The Bertz CT molecular complexity index is 1030. The molecule has 2 heterocycles. The summed E-state index contributed by atoms with van der Waals surface area (Å²) in [4.78, 5) is 0. The molecule has 0 atom stereocenters. The highest BCUT2D eigenvalue weighted by Crippen LogP contribution is 2.27. The number of aryl methyl sites for hydroxylation is 1. The lowest BCUT2D eigenvalue weighted by Gasteiger charge is -2.10. The lowest BCUT2D eigenvalue weighted by molar-refractivity contribution is -0.728. The first-order valence-corrected chi connectivity index (χ1v) is 9.04. The minimum atomic E-state index is -4.09. The maximum absolute atomic E-state index is 12.4. The number of rotatable bonds is 3. The first kappa shape index (κ1) is 15.9. The maximum Gasteiger partial charge on any atom is 0.291 e. The van der Waals surface area contributed by atoms with Gasteiger partial charge in [-0.15, -0.1) is 11.3 Å². The van der Waals surface area contributed by atoms with Crippen LogP contribution >= 0.6 is 22.9 Å². The van der Waals surface area contributed by atoms with Gasteiger partial charge < -0.3 is 5.11 Å². The Morgan fingerprint density at radius 1 is 1.30 bits per heavy atom. The number of thiophene rings is 1. The van der Waals surface area contributed by atoms with Crippen molar-refractivity contribution in [3.8, 4) is 0 Å². The van der Waals surface area contributed by atoms with Crippen LogP contribution in [0, 0.1) is 0 Å². The summed E-state index contributed by atoms with van der Waals surface area (Å²) in [5, 5.41) is 17.2. The van der Waals surface area contributed by atoms with Gasteiger partial charge in [-0.05, 0) is 23.3 Å². The van der Waals surface area contributed by atoms with Gasteiger partial charge in [-0.25, -0.2) is 0 Å². The largest absolute Gasteiger partial charge is 0.857 e.